The number of carbonyl (C=O) groups excluding carboxylic acids is 1. The van der Waals surface area contributed by atoms with Crippen LogP contribution in [0.4, 0.5) is 0 Å². The Bertz CT molecular complexity index is 3340. The molecule has 0 bridgehead atoms. The summed E-state index contributed by atoms with van der Waals surface area (Å²) in [6.45, 7) is 10.0. The van der Waals surface area contributed by atoms with Crippen LogP contribution in [0.5, 0.6) is 11.5 Å². The Morgan fingerprint density at radius 1 is 0.800 bits per heavy atom. The van der Waals surface area contributed by atoms with Crippen LogP contribution in [-0.4, -0.2) is 78.0 Å². The first-order chi connectivity index (χ1) is 36.3. The minimum atomic E-state index is -1.77. The van der Waals surface area contributed by atoms with Crippen molar-refractivity contribution in [2.24, 2.45) is 0 Å². The van der Waals surface area contributed by atoms with Crippen LogP contribution in [0.1, 0.15) is 74.6 Å². The second-order valence-electron chi connectivity index (χ2n) is 19.4. The third kappa shape index (κ3) is 10.9. The van der Waals surface area contributed by atoms with Gasteiger partial charge in [0.1, 0.15) is 29.4 Å². The van der Waals surface area contributed by atoms with E-state index in [2.05, 4.69) is 92.3 Å². The van der Waals surface area contributed by atoms with E-state index in [0.717, 1.165) is 53.8 Å². The van der Waals surface area contributed by atoms with E-state index < -0.39 is 43.8 Å². The first-order valence-electron chi connectivity index (χ1n) is 25.5. The van der Waals surface area contributed by atoms with E-state index in [1.54, 1.807) is 21.1 Å². The topological polar surface area (TPSA) is 156 Å². The zero-order valence-electron chi connectivity index (χ0n) is 43.5. The maximum Gasteiger partial charge on any atom is 0.333 e. The van der Waals surface area contributed by atoms with Gasteiger partial charge in [0, 0.05) is 43.4 Å². The number of benzene rings is 7. The molecule has 15 heteroatoms. The van der Waals surface area contributed by atoms with E-state index in [0.29, 0.717) is 17.1 Å². The Morgan fingerprint density at radius 2 is 1.40 bits per heavy atom. The molecule has 1 saturated heterocycles. The molecule has 0 aliphatic carbocycles. The summed E-state index contributed by atoms with van der Waals surface area (Å²) in [6.07, 6.45) is -0.373. The van der Waals surface area contributed by atoms with Gasteiger partial charge in [0.25, 0.3) is 14.1 Å². The minimum absolute atomic E-state index is 0.0112. The van der Waals surface area contributed by atoms with E-state index in [1.165, 1.54) is 16.2 Å². The molecule has 75 heavy (non-hydrogen) atoms. The predicted octanol–water partition coefficient (Wildman–Crippen LogP) is 10.5. The lowest BCUT2D eigenvalue weighted by atomic mass is 9.80. The summed E-state index contributed by atoms with van der Waals surface area (Å²) in [5, 5.41) is 19.2. The number of methoxy groups -OCH3 is 2. The molecule has 0 radical (unpaired) electrons. The molecule has 1 aromatic heterocycles. The lowest BCUT2D eigenvalue weighted by Gasteiger charge is -2.39. The summed E-state index contributed by atoms with van der Waals surface area (Å²) >= 11 is 0. The van der Waals surface area contributed by atoms with E-state index in [4.69, 9.17) is 28.0 Å². The third-order valence-electron chi connectivity index (χ3n) is 14.0. The predicted molar refractivity (Wildman–Crippen MR) is 293 cm³/mol. The highest BCUT2D eigenvalue weighted by Crippen LogP contribution is 2.51. The van der Waals surface area contributed by atoms with Crippen molar-refractivity contribution in [3.05, 3.63) is 188 Å². The van der Waals surface area contributed by atoms with Crippen molar-refractivity contribution in [1.29, 1.82) is 5.26 Å². The second-order valence-corrected chi connectivity index (χ2v) is 20.8. The number of ether oxygens (including phenoxy) is 4. The summed E-state index contributed by atoms with van der Waals surface area (Å²) in [5.74, 6) is 1.13. The van der Waals surface area contributed by atoms with Gasteiger partial charge in [-0.25, -0.2) is 9.46 Å². The number of nitrogens with one attached hydrogen (secondary N) is 1. The average molecular weight is 1030 g/mol. The van der Waals surface area contributed by atoms with Crippen molar-refractivity contribution in [2.45, 2.75) is 96.5 Å². The van der Waals surface area contributed by atoms with Gasteiger partial charge in [0.2, 0.25) is 5.91 Å². The number of nitrogens with zero attached hydrogens (tertiary/aromatic N) is 4. The van der Waals surface area contributed by atoms with Crippen molar-refractivity contribution in [3.63, 3.8) is 0 Å². The molecule has 1 fully saturated rings. The fourth-order valence-corrected chi connectivity index (χ4v) is 12.2. The minimum Gasteiger partial charge on any atom is -0.497 e. The third-order valence-corrected chi connectivity index (χ3v) is 16.2. The molecule has 1 N–H and O–H groups in total. The first kappa shape index (κ1) is 52.9. The summed E-state index contributed by atoms with van der Waals surface area (Å²) in [6, 6.07) is 46.4. The highest BCUT2D eigenvalue weighted by Gasteiger charge is 2.45. The molecule has 0 spiro atoms. The molecular formula is C60H64N5O9P. The van der Waals surface area contributed by atoms with E-state index >= 15 is 0 Å². The average Bonchev–Trinajstić information content (AvgIpc) is 3.82. The largest absolute Gasteiger partial charge is 0.497 e. The van der Waals surface area contributed by atoms with E-state index in [9.17, 15) is 19.6 Å². The lowest BCUT2D eigenvalue weighted by Crippen LogP contribution is -2.44. The molecule has 2 heterocycles. The van der Waals surface area contributed by atoms with Crippen LogP contribution in [0.3, 0.4) is 0 Å². The molecule has 1 unspecified atom stereocenters. The number of amides is 1. The Morgan fingerprint density at radius 3 is 2.01 bits per heavy atom. The van der Waals surface area contributed by atoms with Gasteiger partial charge < -0.3 is 33.3 Å². The monoisotopic (exact) mass is 1030 g/mol. The van der Waals surface area contributed by atoms with Crippen LogP contribution in [0, 0.1) is 18.3 Å². The van der Waals surface area contributed by atoms with Gasteiger partial charge >= 0.3 is 5.69 Å². The van der Waals surface area contributed by atoms with E-state index in [1.807, 2.05) is 84.9 Å². The Labute approximate surface area is 438 Å². The van der Waals surface area contributed by atoms with Gasteiger partial charge in [-0.05, 0) is 113 Å². The lowest BCUT2D eigenvalue weighted by molar-refractivity contribution is -0.120. The Balaban J connectivity index is 1.02. The van der Waals surface area contributed by atoms with Crippen LogP contribution >= 0.6 is 8.53 Å². The molecule has 1 amide bonds. The first-order valence-corrected chi connectivity index (χ1v) is 26.6. The molecule has 388 valence electrons. The smallest absolute Gasteiger partial charge is 0.333 e. The van der Waals surface area contributed by atoms with Crippen molar-refractivity contribution in [3.8, 4) is 17.6 Å². The number of aromatic nitrogens is 2. The molecule has 9 rings (SSSR count). The van der Waals surface area contributed by atoms with Gasteiger partial charge in [0.15, 0.2) is 0 Å². The molecule has 1 aliphatic rings. The van der Waals surface area contributed by atoms with Crippen LogP contribution < -0.4 is 26.0 Å². The number of hydrogen-bond donors (Lipinski definition) is 1. The molecule has 7 aromatic carbocycles. The van der Waals surface area contributed by atoms with Crippen LogP contribution in [-0.2, 0) is 41.9 Å². The summed E-state index contributed by atoms with van der Waals surface area (Å²) in [5.41, 5.74) is 1.45. The number of carbonyl (C=O) groups is 1. The quantitative estimate of drug-likeness (QED) is 0.0298. The number of hydrogen-bond acceptors (Lipinski definition) is 11. The van der Waals surface area contributed by atoms with Crippen LogP contribution in [0.25, 0.3) is 32.3 Å². The molecule has 4 atom stereocenters. The highest BCUT2D eigenvalue weighted by molar-refractivity contribution is 7.44. The molecule has 1 aliphatic heterocycles. The number of aryl methyl sites for hydroxylation is 1. The Kier molecular flexibility index (Phi) is 16.4. The second kappa shape index (κ2) is 23.3. The van der Waals surface area contributed by atoms with Gasteiger partial charge in [-0.1, -0.05) is 109 Å². The van der Waals surface area contributed by atoms with Crippen molar-refractivity contribution < 1.29 is 32.8 Å². The normalized spacial score (nSPS) is 16.4. The molecule has 8 aromatic rings. The van der Waals surface area contributed by atoms with Gasteiger partial charge in [-0.2, -0.15) is 5.26 Å². The number of nitriles is 1. The zero-order chi connectivity index (χ0) is 52.8. The fraction of sp³-hybridized carbons (Fsp3) is 0.333. The SMILES string of the molecule is COc1ccc(C(OC[C@H]2O[C@@H](n3cc(C)c(=O)n(CCNC(=O)Cc4ccc5ccc6cccc7ccc4c5c67)c3=O)C[C@@H]2OP(OCCC#N)N(C(C)C)C(C)C)(c2ccccc2)c2ccc(OC)cc2)cc1. The zero-order valence-corrected chi connectivity index (χ0v) is 44.4. The standard InChI is InChI=1S/C60H64N5O9P/c1-39(2)65(40(3)4)75(72-34-12-31-61)74-52-36-55(73-53(52)38-71-60(46-15-9-8-10-16-46,47-22-26-49(69-6)27-23-47)48-24-28-50(70-7)29-25-48)64-37-41(5)58(67)63(59(64)68)33-32-62-54(66)35-45-20-19-44-18-17-42-13-11-14-43-21-30-51(45)57(44)56(42)43/h8-11,13-30,37,39-40,52-53,55H,12,32-36,38H2,1-7H3,(H,62,66)/t52-,53+,55+,75?/m0/s1. The maximum atomic E-state index is 14.7. The van der Waals surface area contributed by atoms with Gasteiger partial charge in [-0.15, -0.1) is 0 Å². The van der Waals surface area contributed by atoms with E-state index in [-0.39, 0.29) is 63.6 Å². The Hall–Kier alpha value is -6.95. The van der Waals surface area contributed by atoms with Gasteiger partial charge in [-0.3, -0.25) is 18.7 Å². The summed E-state index contributed by atoms with van der Waals surface area (Å²) in [4.78, 5) is 42.1. The number of rotatable bonds is 22. The van der Waals surface area contributed by atoms with Crippen molar-refractivity contribution >= 4 is 46.8 Å². The van der Waals surface area contributed by atoms with Crippen molar-refractivity contribution in [1.82, 2.24) is 19.1 Å². The molecular weight excluding hydrogens is 966 g/mol. The molecule has 14 nitrogen and oxygen atoms in total. The van der Waals surface area contributed by atoms with Gasteiger partial charge in [0.05, 0.1) is 52.4 Å². The molecule has 0 saturated carbocycles. The van der Waals surface area contributed by atoms with Crippen LogP contribution in [0.2, 0.25) is 0 Å². The summed E-state index contributed by atoms with van der Waals surface area (Å²) < 4.78 is 43.7. The fourth-order valence-electron chi connectivity index (χ4n) is 10.5. The van der Waals surface area contributed by atoms with Crippen molar-refractivity contribution in [2.75, 3.05) is 34.0 Å². The maximum absolute atomic E-state index is 14.7. The van der Waals surface area contributed by atoms with Crippen LogP contribution in [0.15, 0.2) is 149 Å². The summed E-state index contributed by atoms with van der Waals surface area (Å²) in [7, 11) is 1.48. The highest BCUT2D eigenvalue weighted by atomic mass is 31.2.